The monoisotopic (exact) mass is 235 g/mol. The number of methoxy groups -OCH3 is 1. The SMILES string of the molecule is CCOC(=O)C(CCSCCOC)NC. The normalized spacial score (nSPS) is 12.5. The topological polar surface area (TPSA) is 47.6 Å². The van der Waals surface area contributed by atoms with Crippen LogP contribution in [0, 0.1) is 0 Å². The van der Waals surface area contributed by atoms with Crippen LogP contribution in [0.5, 0.6) is 0 Å². The molecule has 0 aromatic carbocycles. The van der Waals surface area contributed by atoms with Gasteiger partial charge in [0.1, 0.15) is 6.04 Å². The molecule has 0 radical (unpaired) electrons. The van der Waals surface area contributed by atoms with Crippen LogP contribution < -0.4 is 5.32 Å². The van der Waals surface area contributed by atoms with Crippen molar-refractivity contribution in [2.24, 2.45) is 0 Å². The molecule has 0 aliphatic rings. The number of ether oxygens (including phenoxy) is 2. The van der Waals surface area contributed by atoms with Gasteiger partial charge in [-0.05, 0) is 26.1 Å². The first-order valence-electron chi connectivity index (χ1n) is 5.16. The molecular weight excluding hydrogens is 214 g/mol. The fourth-order valence-corrected chi connectivity index (χ4v) is 1.96. The zero-order chi connectivity index (χ0) is 11.5. The van der Waals surface area contributed by atoms with E-state index in [0.29, 0.717) is 6.61 Å². The molecule has 15 heavy (non-hydrogen) atoms. The van der Waals surface area contributed by atoms with Crippen LogP contribution in [0.25, 0.3) is 0 Å². The Bertz CT molecular complexity index is 167. The molecule has 0 spiro atoms. The number of likely N-dealkylation sites (N-methyl/N-ethyl adjacent to an activating group) is 1. The lowest BCUT2D eigenvalue weighted by atomic mass is 10.2. The molecule has 0 aromatic rings. The number of carbonyl (C=O) groups is 1. The molecule has 0 heterocycles. The molecule has 0 saturated carbocycles. The van der Waals surface area contributed by atoms with Crippen molar-refractivity contribution in [3.8, 4) is 0 Å². The third-order valence-electron chi connectivity index (χ3n) is 1.90. The number of carbonyl (C=O) groups excluding carboxylic acids is 1. The average molecular weight is 235 g/mol. The van der Waals surface area contributed by atoms with E-state index in [0.717, 1.165) is 24.5 Å². The molecule has 0 saturated heterocycles. The standard InChI is InChI=1S/C10H21NO3S/c1-4-14-10(12)9(11-2)5-7-15-8-6-13-3/h9,11H,4-8H2,1-3H3. The van der Waals surface area contributed by atoms with E-state index in [1.807, 2.05) is 6.92 Å². The molecule has 1 N–H and O–H groups in total. The maximum absolute atomic E-state index is 11.4. The average Bonchev–Trinajstić information content (AvgIpc) is 2.23. The summed E-state index contributed by atoms with van der Waals surface area (Å²) in [7, 11) is 3.47. The summed E-state index contributed by atoms with van der Waals surface area (Å²) in [5.74, 6) is 1.75. The summed E-state index contributed by atoms with van der Waals surface area (Å²) in [5, 5.41) is 2.96. The first-order chi connectivity index (χ1) is 7.26. The van der Waals surface area contributed by atoms with Crippen LogP contribution in [0.3, 0.4) is 0 Å². The highest BCUT2D eigenvalue weighted by Crippen LogP contribution is 2.05. The Morgan fingerprint density at radius 1 is 1.47 bits per heavy atom. The van der Waals surface area contributed by atoms with Gasteiger partial charge in [-0.25, -0.2) is 0 Å². The van der Waals surface area contributed by atoms with E-state index in [9.17, 15) is 4.79 Å². The molecule has 5 heteroatoms. The van der Waals surface area contributed by atoms with E-state index in [2.05, 4.69) is 5.32 Å². The molecular formula is C10H21NO3S. The van der Waals surface area contributed by atoms with Crippen molar-refractivity contribution in [2.45, 2.75) is 19.4 Å². The summed E-state index contributed by atoms with van der Waals surface area (Å²) in [6.45, 7) is 3.01. The molecule has 1 atom stereocenters. The quantitative estimate of drug-likeness (QED) is 0.475. The van der Waals surface area contributed by atoms with E-state index in [1.165, 1.54) is 0 Å². The van der Waals surface area contributed by atoms with Gasteiger partial charge in [0.15, 0.2) is 0 Å². The lowest BCUT2D eigenvalue weighted by Gasteiger charge is -2.13. The summed E-state index contributed by atoms with van der Waals surface area (Å²) in [6, 6.07) is -0.181. The highest BCUT2D eigenvalue weighted by molar-refractivity contribution is 7.99. The summed E-state index contributed by atoms with van der Waals surface area (Å²) >= 11 is 1.78. The lowest BCUT2D eigenvalue weighted by molar-refractivity contribution is -0.145. The first-order valence-corrected chi connectivity index (χ1v) is 6.32. The Labute approximate surface area is 96.1 Å². The van der Waals surface area contributed by atoms with Crippen molar-refractivity contribution >= 4 is 17.7 Å². The Balaban J connectivity index is 3.56. The Morgan fingerprint density at radius 3 is 2.73 bits per heavy atom. The summed E-state index contributed by atoms with van der Waals surface area (Å²) < 4.78 is 9.87. The van der Waals surface area contributed by atoms with Crippen LogP contribution in [0.15, 0.2) is 0 Å². The summed E-state index contributed by atoms with van der Waals surface area (Å²) in [5.41, 5.74) is 0. The number of rotatable bonds is 9. The predicted octanol–water partition coefficient (Wildman–Crippen LogP) is 0.907. The van der Waals surface area contributed by atoms with Gasteiger partial charge < -0.3 is 14.8 Å². The zero-order valence-corrected chi connectivity index (χ0v) is 10.6. The number of hydrogen-bond acceptors (Lipinski definition) is 5. The van der Waals surface area contributed by atoms with Crippen LogP contribution in [-0.4, -0.2) is 50.9 Å². The molecule has 90 valence electrons. The van der Waals surface area contributed by atoms with E-state index in [-0.39, 0.29) is 12.0 Å². The molecule has 0 aliphatic carbocycles. The van der Waals surface area contributed by atoms with Gasteiger partial charge in [0.2, 0.25) is 0 Å². The van der Waals surface area contributed by atoms with Gasteiger partial charge in [-0.1, -0.05) is 0 Å². The molecule has 0 amide bonds. The molecule has 0 aromatic heterocycles. The third kappa shape index (κ3) is 7.64. The van der Waals surface area contributed by atoms with Gasteiger partial charge >= 0.3 is 5.97 Å². The second kappa shape index (κ2) is 10.3. The second-order valence-electron chi connectivity index (χ2n) is 2.99. The smallest absolute Gasteiger partial charge is 0.323 e. The van der Waals surface area contributed by atoms with Gasteiger partial charge in [-0.3, -0.25) is 4.79 Å². The lowest BCUT2D eigenvalue weighted by Crippen LogP contribution is -2.36. The molecule has 0 fully saturated rings. The Hall–Kier alpha value is -0.260. The third-order valence-corrected chi connectivity index (χ3v) is 2.88. The summed E-state index contributed by atoms with van der Waals surface area (Å²) in [4.78, 5) is 11.4. The number of thioether (sulfide) groups is 1. The van der Waals surface area contributed by atoms with Crippen LogP contribution in [0.2, 0.25) is 0 Å². The minimum absolute atomic E-state index is 0.160. The van der Waals surface area contributed by atoms with Crippen molar-refractivity contribution in [2.75, 3.05) is 38.9 Å². The van der Waals surface area contributed by atoms with Gasteiger partial charge in [0, 0.05) is 12.9 Å². The predicted molar refractivity (Wildman–Crippen MR) is 63.3 cm³/mol. The van der Waals surface area contributed by atoms with Crippen LogP contribution in [0.1, 0.15) is 13.3 Å². The summed E-state index contributed by atoms with van der Waals surface area (Å²) in [6.07, 6.45) is 0.795. The van der Waals surface area contributed by atoms with Crippen molar-refractivity contribution in [1.82, 2.24) is 5.32 Å². The van der Waals surface area contributed by atoms with Gasteiger partial charge in [-0.2, -0.15) is 11.8 Å². The minimum Gasteiger partial charge on any atom is -0.465 e. The minimum atomic E-state index is -0.181. The van der Waals surface area contributed by atoms with Crippen LogP contribution in [0.4, 0.5) is 0 Å². The van der Waals surface area contributed by atoms with Crippen molar-refractivity contribution < 1.29 is 14.3 Å². The second-order valence-corrected chi connectivity index (χ2v) is 4.21. The number of nitrogens with one attached hydrogen (secondary N) is 1. The van der Waals surface area contributed by atoms with Crippen molar-refractivity contribution in [3.63, 3.8) is 0 Å². The Morgan fingerprint density at radius 2 is 2.20 bits per heavy atom. The number of esters is 1. The van der Waals surface area contributed by atoms with Crippen molar-refractivity contribution in [3.05, 3.63) is 0 Å². The van der Waals surface area contributed by atoms with E-state index < -0.39 is 0 Å². The fourth-order valence-electron chi connectivity index (χ4n) is 1.07. The largest absolute Gasteiger partial charge is 0.465 e. The van der Waals surface area contributed by atoms with Crippen LogP contribution in [-0.2, 0) is 14.3 Å². The van der Waals surface area contributed by atoms with Crippen LogP contribution >= 0.6 is 11.8 Å². The van der Waals surface area contributed by atoms with Gasteiger partial charge in [0.05, 0.1) is 13.2 Å². The first kappa shape index (κ1) is 14.7. The molecule has 0 aliphatic heterocycles. The van der Waals surface area contributed by atoms with Gasteiger partial charge in [0.25, 0.3) is 0 Å². The maximum Gasteiger partial charge on any atom is 0.323 e. The molecule has 1 unspecified atom stereocenters. The van der Waals surface area contributed by atoms with E-state index in [1.54, 1.807) is 25.9 Å². The highest BCUT2D eigenvalue weighted by atomic mass is 32.2. The highest BCUT2D eigenvalue weighted by Gasteiger charge is 2.16. The molecule has 0 bridgehead atoms. The van der Waals surface area contributed by atoms with E-state index in [4.69, 9.17) is 9.47 Å². The van der Waals surface area contributed by atoms with Gasteiger partial charge in [-0.15, -0.1) is 0 Å². The number of hydrogen-bond donors (Lipinski definition) is 1. The Kier molecular flexibility index (Phi) is 10.1. The maximum atomic E-state index is 11.4. The van der Waals surface area contributed by atoms with Crippen molar-refractivity contribution in [1.29, 1.82) is 0 Å². The zero-order valence-electron chi connectivity index (χ0n) is 9.75. The molecule has 4 nitrogen and oxygen atoms in total. The van der Waals surface area contributed by atoms with E-state index >= 15 is 0 Å². The molecule has 0 rings (SSSR count). The fraction of sp³-hybridized carbons (Fsp3) is 0.900.